The van der Waals surface area contributed by atoms with Crippen LogP contribution >= 0.6 is 0 Å². The van der Waals surface area contributed by atoms with E-state index in [-0.39, 0.29) is 11.5 Å². The molecule has 0 unspecified atom stereocenters. The van der Waals surface area contributed by atoms with Gasteiger partial charge < -0.3 is 9.15 Å². The summed E-state index contributed by atoms with van der Waals surface area (Å²) >= 11 is 0. The molecular weight excluding hydrogens is 268 g/mol. The molecule has 0 saturated heterocycles. The third-order valence-corrected chi connectivity index (χ3v) is 3.23. The molecule has 0 aliphatic rings. The molecular formula is C17H12O4. The van der Waals surface area contributed by atoms with E-state index in [1.54, 1.807) is 55.6 Å². The molecule has 4 nitrogen and oxygen atoms in total. The molecule has 0 saturated carbocycles. The van der Waals surface area contributed by atoms with Gasteiger partial charge in [0.25, 0.3) is 0 Å². The molecule has 4 heteroatoms. The molecule has 3 aromatic rings. The fraction of sp³-hybridized carbons (Fsp3) is 0.0588. The first kappa shape index (κ1) is 13.1. The number of aldehydes is 1. The van der Waals surface area contributed by atoms with Crippen LogP contribution in [0.25, 0.3) is 11.0 Å². The molecule has 1 aromatic heterocycles. The molecule has 0 atom stereocenters. The van der Waals surface area contributed by atoms with Crippen LogP contribution in [0, 0.1) is 0 Å². The molecule has 0 fully saturated rings. The zero-order valence-corrected chi connectivity index (χ0v) is 11.3. The van der Waals surface area contributed by atoms with Crippen molar-refractivity contribution in [3.05, 3.63) is 65.4 Å². The van der Waals surface area contributed by atoms with Gasteiger partial charge in [0, 0.05) is 16.5 Å². The van der Waals surface area contributed by atoms with Crippen LogP contribution in [0.3, 0.4) is 0 Å². The second-order valence-corrected chi connectivity index (χ2v) is 4.59. The zero-order chi connectivity index (χ0) is 14.8. The molecule has 21 heavy (non-hydrogen) atoms. The standard InChI is InChI=1S/C17H12O4/c1-20-14-4-2-3-12(8-14)17(19)16-9-13-7-11(10-18)5-6-15(13)21-16/h2-10H,1H3. The van der Waals surface area contributed by atoms with Crippen molar-refractivity contribution in [3.8, 4) is 5.75 Å². The van der Waals surface area contributed by atoms with Gasteiger partial charge in [0.2, 0.25) is 5.78 Å². The summed E-state index contributed by atoms with van der Waals surface area (Å²) in [5.41, 5.74) is 1.61. The van der Waals surface area contributed by atoms with Crippen molar-refractivity contribution in [1.82, 2.24) is 0 Å². The van der Waals surface area contributed by atoms with Crippen LogP contribution in [-0.2, 0) is 0 Å². The van der Waals surface area contributed by atoms with Crippen LogP contribution in [-0.4, -0.2) is 19.2 Å². The number of hydrogen-bond donors (Lipinski definition) is 0. The maximum Gasteiger partial charge on any atom is 0.228 e. The number of carbonyl (C=O) groups is 2. The molecule has 0 radical (unpaired) electrons. The molecule has 0 spiro atoms. The Hall–Kier alpha value is -2.88. The van der Waals surface area contributed by atoms with Crippen molar-refractivity contribution in [2.75, 3.05) is 7.11 Å². The van der Waals surface area contributed by atoms with Crippen molar-refractivity contribution in [1.29, 1.82) is 0 Å². The summed E-state index contributed by atoms with van der Waals surface area (Å²) in [5.74, 6) is 0.624. The second kappa shape index (κ2) is 5.25. The van der Waals surface area contributed by atoms with E-state index in [4.69, 9.17) is 9.15 Å². The van der Waals surface area contributed by atoms with Crippen LogP contribution in [0.2, 0.25) is 0 Å². The number of fused-ring (bicyclic) bond motifs is 1. The van der Waals surface area contributed by atoms with E-state index < -0.39 is 0 Å². The van der Waals surface area contributed by atoms with Gasteiger partial charge >= 0.3 is 0 Å². The van der Waals surface area contributed by atoms with Crippen LogP contribution in [0.1, 0.15) is 26.5 Å². The predicted molar refractivity (Wildman–Crippen MR) is 78.0 cm³/mol. The van der Waals surface area contributed by atoms with E-state index in [2.05, 4.69) is 0 Å². The quantitative estimate of drug-likeness (QED) is 0.542. The largest absolute Gasteiger partial charge is 0.497 e. The Bertz CT molecular complexity index is 830. The Kier molecular flexibility index (Phi) is 3.28. The van der Waals surface area contributed by atoms with Gasteiger partial charge in [-0.25, -0.2) is 0 Å². The average Bonchev–Trinajstić information content (AvgIpc) is 2.97. The molecule has 0 aliphatic carbocycles. The minimum absolute atomic E-state index is 0.224. The monoisotopic (exact) mass is 280 g/mol. The van der Waals surface area contributed by atoms with Crippen LogP contribution in [0.5, 0.6) is 5.75 Å². The fourth-order valence-corrected chi connectivity index (χ4v) is 2.15. The Morgan fingerprint density at radius 1 is 1.14 bits per heavy atom. The van der Waals surface area contributed by atoms with Gasteiger partial charge in [-0.2, -0.15) is 0 Å². The predicted octanol–water partition coefficient (Wildman–Crippen LogP) is 3.48. The van der Waals surface area contributed by atoms with Gasteiger partial charge in [-0.05, 0) is 36.4 Å². The Morgan fingerprint density at radius 2 is 2.00 bits per heavy atom. The van der Waals surface area contributed by atoms with E-state index in [0.29, 0.717) is 22.5 Å². The van der Waals surface area contributed by atoms with E-state index in [0.717, 1.165) is 11.7 Å². The smallest absolute Gasteiger partial charge is 0.228 e. The highest BCUT2D eigenvalue weighted by molar-refractivity contribution is 6.09. The highest BCUT2D eigenvalue weighted by Crippen LogP contribution is 2.23. The van der Waals surface area contributed by atoms with Crippen molar-refractivity contribution in [2.45, 2.75) is 0 Å². The highest BCUT2D eigenvalue weighted by Gasteiger charge is 2.15. The number of methoxy groups -OCH3 is 1. The van der Waals surface area contributed by atoms with Crippen LogP contribution in [0.15, 0.2) is 52.9 Å². The number of carbonyl (C=O) groups excluding carboxylic acids is 2. The van der Waals surface area contributed by atoms with Crippen molar-refractivity contribution in [2.24, 2.45) is 0 Å². The first-order valence-corrected chi connectivity index (χ1v) is 6.39. The third-order valence-electron chi connectivity index (χ3n) is 3.23. The zero-order valence-electron chi connectivity index (χ0n) is 11.3. The summed E-state index contributed by atoms with van der Waals surface area (Å²) in [6, 6.07) is 13.5. The van der Waals surface area contributed by atoms with Gasteiger partial charge in [0.1, 0.15) is 17.6 Å². The first-order valence-electron chi connectivity index (χ1n) is 6.39. The van der Waals surface area contributed by atoms with Gasteiger partial charge in [-0.1, -0.05) is 12.1 Å². The number of hydrogen-bond acceptors (Lipinski definition) is 4. The molecule has 0 bridgehead atoms. The number of benzene rings is 2. The molecule has 2 aromatic carbocycles. The summed E-state index contributed by atoms with van der Waals surface area (Å²) in [6.45, 7) is 0. The minimum Gasteiger partial charge on any atom is -0.497 e. The van der Waals surface area contributed by atoms with E-state index in [1.807, 2.05) is 0 Å². The average molecular weight is 280 g/mol. The summed E-state index contributed by atoms with van der Waals surface area (Å²) in [4.78, 5) is 23.2. The fourth-order valence-electron chi connectivity index (χ4n) is 2.15. The molecule has 104 valence electrons. The molecule has 0 amide bonds. The Morgan fingerprint density at radius 3 is 2.76 bits per heavy atom. The maximum atomic E-state index is 12.4. The van der Waals surface area contributed by atoms with Gasteiger partial charge in [-0.15, -0.1) is 0 Å². The van der Waals surface area contributed by atoms with Gasteiger partial charge in [-0.3, -0.25) is 9.59 Å². The third kappa shape index (κ3) is 2.43. The summed E-state index contributed by atoms with van der Waals surface area (Å²) in [6.07, 6.45) is 0.760. The lowest BCUT2D eigenvalue weighted by molar-refractivity contribution is 0.101. The molecule has 0 aliphatic heterocycles. The van der Waals surface area contributed by atoms with E-state index >= 15 is 0 Å². The van der Waals surface area contributed by atoms with Crippen molar-refractivity contribution < 1.29 is 18.7 Å². The second-order valence-electron chi connectivity index (χ2n) is 4.59. The lowest BCUT2D eigenvalue weighted by Crippen LogP contribution is -1.99. The van der Waals surface area contributed by atoms with Crippen LogP contribution < -0.4 is 4.74 Å². The van der Waals surface area contributed by atoms with Crippen LogP contribution in [0.4, 0.5) is 0 Å². The SMILES string of the molecule is COc1cccc(C(=O)c2cc3cc(C=O)ccc3o2)c1. The molecule has 0 N–H and O–H groups in total. The summed E-state index contributed by atoms with van der Waals surface area (Å²) < 4.78 is 10.7. The number of ketones is 1. The minimum atomic E-state index is -0.224. The van der Waals surface area contributed by atoms with Gasteiger partial charge in [0.15, 0.2) is 5.76 Å². The normalized spacial score (nSPS) is 10.5. The Labute approximate surface area is 120 Å². The topological polar surface area (TPSA) is 56.5 Å². The number of furan rings is 1. The lowest BCUT2D eigenvalue weighted by atomic mass is 10.1. The maximum absolute atomic E-state index is 12.4. The first-order chi connectivity index (χ1) is 10.2. The molecule has 3 rings (SSSR count). The van der Waals surface area contributed by atoms with Crippen molar-refractivity contribution >= 4 is 23.0 Å². The highest BCUT2D eigenvalue weighted by atomic mass is 16.5. The van der Waals surface area contributed by atoms with Crippen molar-refractivity contribution in [3.63, 3.8) is 0 Å². The summed E-state index contributed by atoms with van der Waals surface area (Å²) in [7, 11) is 1.55. The number of ether oxygens (including phenoxy) is 1. The molecule has 1 heterocycles. The Balaban J connectivity index is 2.02. The van der Waals surface area contributed by atoms with Gasteiger partial charge in [0.05, 0.1) is 7.11 Å². The van der Waals surface area contributed by atoms with E-state index in [1.165, 1.54) is 0 Å². The summed E-state index contributed by atoms with van der Waals surface area (Å²) in [5, 5.41) is 0.728. The number of rotatable bonds is 4. The lowest BCUT2D eigenvalue weighted by Gasteiger charge is -2.01. The van der Waals surface area contributed by atoms with E-state index in [9.17, 15) is 9.59 Å².